The first-order valence-electron chi connectivity index (χ1n) is 6.99. The monoisotopic (exact) mass is 376 g/mol. The molecule has 0 aliphatic carbocycles. The Morgan fingerprint density at radius 3 is 1.57 bits per heavy atom. The molecule has 0 aliphatic rings. The van der Waals surface area contributed by atoms with Crippen LogP contribution >= 0.6 is 15.9 Å². The number of hydrogen-bond acceptors (Lipinski definition) is 0. The second-order valence-electron chi connectivity index (χ2n) is 5.11. The second-order valence-corrected chi connectivity index (χ2v) is 6.30. The number of benzene rings is 3. The molecule has 0 saturated heterocycles. The van der Waals surface area contributed by atoms with Gasteiger partial charge >= 0.3 is 0 Å². The Kier molecular flexibility index (Phi) is 4.26. The lowest BCUT2D eigenvalue weighted by molar-refractivity contribution is 0.439. The molecule has 0 nitrogen and oxygen atoms in total. The van der Waals surface area contributed by atoms with Gasteiger partial charge in [-0.15, -0.1) is 0 Å². The fourth-order valence-corrected chi connectivity index (χ4v) is 3.44. The molecule has 0 heterocycles. The van der Waals surface area contributed by atoms with Crippen LogP contribution in [0.25, 0.3) is 0 Å². The maximum absolute atomic E-state index is 14.5. The van der Waals surface area contributed by atoms with E-state index < -0.39 is 21.8 Å². The lowest BCUT2D eigenvalue weighted by Crippen LogP contribution is -2.24. The van der Waals surface area contributed by atoms with Crippen molar-refractivity contribution in [1.82, 2.24) is 0 Å². The van der Waals surface area contributed by atoms with Gasteiger partial charge in [0.15, 0.2) is 17.5 Å². The molecule has 0 spiro atoms. The van der Waals surface area contributed by atoms with Crippen molar-refractivity contribution in [3.8, 4) is 0 Å². The van der Waals surface area contributed by atoms with E-state index in [1.165, 1.54) is 6.07 Å². The van der Waals surface area contributed by atoms with Gasteiger partial charge in [-0.1, -0.05) is 82.7 Å². The van der Waals surface area contributed by atoms with Crippen LogP contribution in [-0.4, -0.2) is 0 Å². The van der Waals surface area contributed by atoms with Gasteiger partial charge in [-0.25, -0.2) is 13.2 Å². The van der Waals surface area contributed by atoms with E-state index in [2.05, 4.69) is 15.9 Å². The van der Waals surface area contributed by atoms with Crippen LogP contribution < -0.4 is 0 Å². The van der Waals surface area contributed by atoms with Gasteiger partial charge in [0.05, 0.1) is 0 Å². The number of rotatable bonds is 3. The fraction of sp³-hybridized carbons (Fsp3) is 0.0526. The van der Waals surface area contributed by atoms with Crippen LogP contribution in [0.2, 0.25) is 0 Å². The molecule has 3 aromatic rings. The summed E-state index contributed by atoms with van der Waals surface area (Å²) < 4.78 is 40.5. The summed E-state index contributed by atoms with van der Waals surface area (Å²) in [5.74, 6) is -3.88. The lowest BCUT2D eigenvalue weighted by Gasteiger charge is -2.30. The van der Waals surface area contributed by atoms with E-state index in [-0.39, 0.29) is 5.56 Å². The molecule has 0 aliphatic heterocycles. The van der Waals surface area contributed by atoms with Crippen molar-refractivity contribution in [3.05, 3.63) is 107 Å². The van der Waals surface area contributed by atoms with Gasteiger partial charge in [0.25, 0.3) is 0 Å². The van der Waals surface area contributed by atoms with Crippen LogP contribution in [0, 0.1) is 17.5 Å². The van der Waals surface area contributed by atoms with Gasteiger partial charge in [0.1, 0.15) is 4.32 Å². The minimum Gasteiger partial charge on any atom is -0.204 e. The van der Waals surface area contributed by atoms with Crippen LogP contribution in [0.1, 0.15) is 16.7 Å². The maximum atomic E-state index is 14.5. The third kappa shape index (κ3) is 2.68. The largest absolute Gasteiger partial charge is 0.204 e. The normalized spacial score (nSPS) is 11.5. The van der Waals surface area contributed by atoms with Crippen molar-refractivity contribution < 1.29 is 13.2 Å². The summed E-state index contributed by atoms with van der Waals surface area (Å²) in [7, 11) is 0. The van der Waals surface area contributed by atoms with E-state index in [0.29, 0.717) is 0 Å². The summed E-state index contributed by atoms with van der Waals surface area (Å²) in [5, 5.41) is 0. The van der Waals surface area contributed by atoms with Gasteiger partial charge in [-0.3, -0.25) is 0 Å². The molecule has 0 aromatic heterocycles. The number of alkyl halides is 1. The van der Waals surface area contributed by atoms with Crippen LogP contribution in [0.3, 0.4) is 0 Å². The van der Waals surface area contributed by atoms with Crippen LogP contribution in [0.15, 0.2) is 72.8 Å². The molecular weight excluding hydrogens is 365 g/mol. The van der Waals surface area contributed by atoms with Gasteiger partial charge in [-0.05, 0) is 17.2 Å². The van der Waals surface area contributed by atoms with E-state index >= 15 is 0 Å². The summed E-state index contributed by atoms with van der Waals surface area (Å²) >= 11 is 3.59. The third-order valence-corrected chi connectivity index (χ3v) is 5.09. The molecule has 0 N–H and O–H groups in total. The van der Waals surface area contributed by atoms with Gasteiger partial charge in [-0.2, -0.15) is 0 Å². The summed E-state index contributed by atoms with van der Waals surface area (Å²) in [6, 6.07) is 20.4. The molecule has 0 unspecified atom stereocenters. The van der Waals surface area contributed by atoms with E-state index in [4.69, 9.17) is 0 Å². The first-order chi connectivity index (χ1) is 11.0. The minimum absolute atomic E-state index is 0.0220. The van der Waals surface area contributed by atoms with Gasteiger partial charge in [0, 0.05) is 5.56 Å². The average Bonchev–Trinajstić information content (AvgIpc) is 2.61. The first kappa shape index (κ1) is 15.8. The number of hydrogen-bond donors (Lipinski definition) is 0. The van der Waals surface area contributed by atoms with Gasteiger partial charge < -0.3 is 0 Å². The van der Waals surface area contributed by atoms with Crippen LogP contribution in [0.5, 0.6) is 0 Å². The molecule has 0 atom stereocenters. The standard InChI is InChI=1S/C19H12BrF3/c20-19(13-7-3-1-4-8-13,14-9-5-2-6-10-14)15-11-12-16(21)18(23)17(15)22/h1-12H. The molecule has 0 bridgehead atoms. The highest BCUT2D eigenvalue weighted by atomic mass is 79.9. The molecule has 4 heteroatoms. The Balaban J connectivity index is 2.32. The van der Waals surface area contributed by atoms with E-state index in [1.807, 2.05) is 60.7 Å². The Morgan fingerprint density at radius 2 is 1.09 bits per heavy atom. The Morgan fingerprint density at radius 1 is 0.609 bits per heavy atom. The van der Waals surface area contributed by atoms with Crippen molar-refractivity contribution in [2.24, 2.45) is 0 Å². The zero-order valence-electron chi connectivity index (χ0n) is 11.9. The number of halogens is 4. The van der Waals surface area contributed by atoms with E-state index in [1.54, 1.807) is 0 Å². The smallest absolute Gasteiger partial charge is 0.194 e. The minimum atomic E-state index is -1.47. The topological polar surface area (TPSA) is 0 Å². The average molecular weight is 377 g/mol. The first-order valence-corrected chi connectivity index (χ1v) is 7.78. The molecular formula is C19H12BrF3. The van der Waals surface area contributed by atoms with Crippen molar-refractivity contribution >= 4 is 15.9 Å². The molecule has 116 valence electrons. The van der Waals surface area contributed by atoms with Crippen molar-refractivity contribution in [2.45, 2.75) is 4.32 Å². The summed E-state index contributed by atoms with van der Waals surface area (Å²) in [6.45, 7) is 0. The third-order valence-electron chi connectivity index (χ3n) is 3.75. The van der Waals surface area contributed by atoms with Crippen LogP contribution in [0.4, 0.5) is 13.2 Å². The Bertz CT molecular complexity index is 777. The van der Waals surface area contributed by atoms with E-state index in [9.17, 15) is 13.2 Å². The van der Waals surface area contributed by atoms with Crippen molar-refractivity contribution in [3.63, 3.8) is 0 Å². The van der Waals surface area contributed by atoms with Crippen molar-refractivity contribution in [1.29, 1.82) is 0 Å². The van der Waals surface area contributed by atoms with Gasteiger partial charge in [0.2, 0.25) is 0 Å². The molecule has 0 saturated carbocycles. The molecule has 0 radical (unpaired) electrons. The second kappa shape index (κ2) is 6.20. The SMILES string of the molecule is Fc1ccc(C(Br)(c2ccccc2)c2ccccc2)c(F)c1F. The quantitative estimate of drug-likeness (QED) is 0.308. The summed E-state index contributed by atoms with van der Waals surface area (Å²) in [6.07, 6.45) is 0. The Labute approximate surface area is 140 Å². The van der Waals surface area contributed by atoms with Crippen LogP contribution in [-0.2, 0) is 4.32 Å². The highest BCUT2D eigenvalue weighted by Gasteiger charge is 2.37. The van der Waals surface area contributed by atoms with E-state index in [0.717, 1.165) is 17.2 Å². The predicted octanol–water partition coefficient (Wildman–Crippen LogP) is 5.79. The summed E-state index contributed by atoms with van der Waals surface area (Å²) in [5.41, 5.74) is 1.46. The highest BCUT2D eigenvalue weighted by molar-refractivity contribution is 9.10. The molecule has 0 fully saturated rings. The molecule has 3 aromatic carbocycles. The van der Waals surface area contributed by atoms with Crippen molar-refractivity contribution in [2.75, 3.05) is 0 Å². The highest BCUT2D eigenvalue weighted by Crippen LogP contribution is 2.46. The maximum Gasteiger partial charge on any atom is 0.194 e. The molecule has 0 amide bonds. The fourth-order valence-electron chi connectivity index (χ4n) is 2.61. The zero-order chi connectivity index (χ0) is 16.4. The Hall–Kier alpha value is -2.07. The predicted molar refractivity (Wildman–Crippen MR) is 88.0 cm³/mol. The lowest BCUT2D eigenvalue weighted by atomic mass is 9.84. The molecule has 23 heavy (non-hydrogen) atoms. The zero-order valence-corrected chi connectivity index (χ0v) is 13.5. The summed E-state index contributed by atoms with van der Waals surface area (Å²) in [4.78, 5) is 0. The molecule has 3 rings (SSSR count).